The zero-order chi connectivity index (χ0) is 12.4. The van der Waals surface area contributed by atoms with Crippen LogP contribution in [0.2, 0.25) is 0 Å². The summed E-state index contributed by atoms with van der Waals surface area (Å²) in [6, 6.07) is 0. The number of hydrogen-bond donors (Lipinski definition) is 0. The number of halogens is 1. The zero-order valence-corrected chi connectivity index (χ0v) is 11.9. The van der Waals surface area contributed by atoms with Crippen LogP contribution in [0.1, 0.15) is 28.0 Å². The van der Waals surface area contributed by atoms with Gasteiger partial charge in [-0.3, -0.25) is 9.48 Å². The number of hydrogen-bond acceptors (Lipinski definition) is 5. The maximum Gasteiger partial charge on any atom is 0.182 e. The molecule has 5 nitrogen and oxygen atoms in total. The average molecular weight is 315 g/mol. The van der Waals surface area contributed by atoms with Crippen molar-refractivity contribution < 1.29 is 4.79 Å². The highest BCUT2D eigenvalue weighted by Gasteiger charge is 2.17. The number of ketones is 1. The van der Waals surface area contributed by atoms with Crippen LogP contribution in [0.15, 0.2) is 10.7 Å². The Bertz CT molecular complexity index is 535. The SMILES string of the molecule is CCc1nn(C)c(CC(=O)c2cnns2)c1Br. The van der Waals surface area contributed by atoms with E-state index in [4.69, 9.17) is 0 Å². The Kier molecular flexibility index (Phi) is 3.68. The molecule has 0 saturated heterocycles. The number of carbonyl (C=O) groups excluding carboxylic acids is 1. The molecule has 2 aromatic heterocycles. The van der Waals surface area contributed by atoms with Crippen LogP contribution in [-0.2, 0) is 19.9 Å². The first-order chi connectivity index (χ1) is 8.13. The molecule has 0 unspecified atom stereocenters. The molecule has 0 bridgehead atoms. The lowest BCUT2D eigenvalue weighted by Crippen LogP contribution is -2.07. The standard InChI is InChI=1S/C10H11BrN4OS/c1-3-6-10(11)7(15(2)13-6)4-8(16)9-5-12-14-17-9/h5H,3-4H2,1-2H3. The van der Waals surface area contributed by atoms with Crippen molar-refractivity contribution in [2.45, 2.75) is 19.8 Å². The van der Waals surface area contributed by atoms with Crippen molar-refractivity contribution >= 4 is 33.2 Å². The third-order valence-electron chi connectivity index (χ3n) is 2.47. The summed E-state index contributed by atoms with van der Waals surface area (Å²) >= 11 is 4.61. The maximum atomic E-state index is 11.9. The van der Waals surface area contributed by atoms with Gasteiger partial charge in [0, 0.05) is 7.05 Å². The van der Waals surface area contributed by atoms with Crippen molar-refractivity contribution in [3.05, 3.63) is 26.9 Å². The first-order valence-electron chi connectivity index (χ1n) is 5.14. The molecule has 90 valence electrons. The van der Waals surface area contributed by atoms with Gasteiger partial charge < -0.3 is 0 Å². The third-order valence-corrected chi connectivity index (χ3v) is 4.09. The lowest BCUT2D eigenvalue weighted by atomic mass is 10.2. The molecule has 0 atom stereocenters. The molecule has 2 rings (SSSR count). The van der Waals surface area contributed by atoms with E-state index < -0.39 is 0 Å². The molecule has 0 aliphatic heterocycles. The molecule has 0 spiro atoms. The molecular formula is C10H11BrN4OS. The highest BCUT2D eigenvalue weighted by atomic mass is 79.9. The van der Waals surface area contributed by atoms with Crippen LogP contribution in [0.25, 0.3) is 0 Å². The molecule has 0 N–H and O–H groups in total. The van der Waals surface area contributed by atoms with Crippen molar-refractivity contribution in [1.29, 1.82) is 0 Å². The minimum absolute atomic E-state index is 0.0198. The first-order valence-corrected chi connectivity index (χ1v) is 6.71. The molecule has 7 heteroatoms. The maximum absolute atomic E-state index is 11.9. The Morgan fingerprint density at radius 1 is 1.59 bits per heavy atom. The molecule has 0 aliphatic carbocycles. The van der Waals surface area contributed by atoms with Crippen LogP contribution in [0.5, 0.6) is 0 Å². The topological polar surface area (TPSA) is 60.7 Å². The molecule has 0 radical (unpaired) electrons. The van der Waals surface area contributed by atoms with E-state index in [2.05, 4.69) is 30.6 Å². The summed E-state index contributed by atoms with van der Waals surface area (Å²) in [7, 11) is 1.84. The van der Waals surface area contributed by atoms with E-state index in [1.165, 1.54) is 6.20 Å². The molecule has 2 aromatic rings. The third kappa shape index (κ3) is 2.44. The van der Waals surface area contributed by atoms with Gasteiger partial charge in [-0.1, -0.05) is 11.4 Å². The number of rotatable bonds is 4. The number of carbonyl (C=O) groups is 1. The van der Waals surface area contributed by atoms with Crippen LogP contribution in [-0.4, -0.2) is 25.2 Å². The number of nitrogens with zero attached hydrogens (tertiary/aromatic N) is 4. The summed E-state index contributed by atoms with van der Waals surface area (Å²) in [5, 5.41) is 8.02. The van der Waals surface area contributed by atoms with Crippen molar-refractivity contribution in [1.82, 2.24) is 19.4 Å². The fourth-order valence-corrected chi connectivity index (χ4v) is 2.75. The lowest BCUT2D eigenvalue weighted by molar-refractivity contribution is 0.0994. The summed E-state index contributed by atoms with van der Waals surface area (Å²) in [5.74, 6) is 0.0198. The first kappa shape index (κ1) is 12.4. The van der Waals surface area contributed by atoms with Gasteiger partial charge in [0.25, 0.3) is 0 Å². The monoisotopic (exact) mass is 314 g/mol. The van der Waals surface area contributed by atoms with Crippen molar-refractivity contribution in [3.8, 4) is 0 Å². The van der Waals surface area contributed by atoms with Crippen LogP contribution >= 0.6 is 27.5 Å². The van der Waals surface area contributed by atoms with E-state index in [1.807, 2.05) is 14.0 Å². The average Bonchev–Trinajstić information content (AvgIpc) is 2.92. The Labute approximate surface area is 111 Å². The quantitative estimate of drug-likeness (QED) is 0.810. The molecule has 0 saturated carbocycles. The second-order valence-electron chi connectivity index (χ2n) is 3.57. The molecule has 0 amide bonds. The van der Waals surface area contributed by atoms with E-state index in [1.54, 1.807) is 4.68 Å². The molecular weight excluding hydrogens is 304 g/mol. The normalized spacial score (nSPS) is 10.8. The largest absolute Gasteiger partial charge is 0.293 e. The van der Waals surface area contributed by atoms with Gasteiger partial charge in [-0.05, 0) is 33.9 Å². The summed E-state index contributed by atoms with van der Waals surface area (Å²) in [4.78, 5) is 12.5. The zero-order valence-electron chi connectivity index (χ0n) is 9.47. The van der Waals surface area contributed by atoms with Gasteiger partial charge in [-0.25, -0.2) is 0 Å². The number of Topliss-reactive ketones (excluding diaryl/α,β-unsaturated/α-hetero) is 1. The van der Waals surface area contributed by atoms with Gasteiger partial charge in [0.2, 0.25) is 0 Å². The van der Waals surface area contributed by atoms with Gasteiger partial charge in [-0.15, -0.1) is 5.10 Å². The minimum Gasteiger partial charge on any atom is -0.293 e. The van der Waals surface area contributed by atoms with Crippen LogP contribution in [0.3, 0.4) is 0 Å². The van der Waals surface area contributed by atoms with Crippen LogP contribution in [0.4, 0.5) is 0 Å². The predicted octanol–water partition coefficient (Wildman–Crippen LogP) is 2.02. The second kappa shape index (κ2) is 5.05. The molecule has 17 heavy (non-hydrogen) atoms. The summed E-state index contributed by atoms with van der Waals surface area (Å²) in [6.45, 7) is 2.03. The van der Waals surface area contributed by atoms with E-state index in [0.29, 0.717) is 11.3 Å². The number of aromatic nitrogens is 4. The summed E-state index contributed by atoms with van der Waals surface area (Å²) in [5.41, 5.74) is 1.86. The smallest absolute Gasteiger partial charge is 0.182 e. The Balaban J connectivity index is 2.25. The van der Waals surface area contributed by atoms with Crippen molar-refractivity contribution in [2.24, 2.45) is 7.05 Å². The Morgan fingerprint density at radius 2 is 2.35 bits per heavy atom. The fraction of sp³-hybridized carbons (Fsp3) is 0.400. The van der Waals surface area contributed by atoms with Gasteiger partial charge in [0.1, 0.15) is 4.88 Å². The van der Waals surface area contributed by atoms with Gasteiger partial charge >= 0.3 is 0 Å². The summed E-state index contributed by atoms with van der Waals surface area (Å²) < 4.78 is 6.36. The van der Waals surface area contributed by atoms with E-state index in [9.17, 15) is 4.79 Å². The van der Waals surface area contributed by atoms with Crippen LogP contribution < -0.4 is 0 Å². The number of aryl methyl sites for hydroxylation is 2. The van der Waals surface area contributed by atoms with Gasteiger partial charge in [0.15, 0.2) is 5.78 Å². The molecule has 0 aliphatic rings. The fourth-order valence-electron chi connectivity index (χ4n) is 1.54. The minimum atomic E-state index is 0.0198. The Hall–Kier alpha value is -1.08. The second-order valence-corrected chi connectivity index (χ2v) is 5.14. The van der Waals surface area contributed by atoms with E-state index >= 15 is 0 Å². The lowest BCUT2D eigenvalue weighted by Gasteiger charge is -2.00. The van der Waals surface area contributed by atoms with E-state index in [0.717, 1.165) is 33.8 Å². The van der Waals surface area contributed by atoms with Gasteiger partial charge in [0.05, 0.1) is 28.5 Å². The highest BCUT2D eigenvalue weighted by Crippen LogP contribution is 2.23. The predicted molar refractivity (Wildman–Crippen MR) is 68.2 cm³/mol. The molecule has 2 heterocycles. The highest BCUT2D eigenvalue weighted by molar-refractivity contribution is 9.10. The van der Waals surface area contributed by atoms with Crippen molar-refractivity contribution in [2.75, 3.05) is 0 Å². The summed E-state index contributed by atoms with van der Waals surface area (Å²) in [6.07, 6.45) is 2.65. The van der Waals surface area contributed by atoms with Crippen LogP contribution in [0, 0.1) is 0 Å². The van der Waals surface area contributed by atoms with Crippen molar-refractivity contribution in [3.63, 3.8) is 0 Å². The molecule has 0 fully saturated rings. The van der Waals surface area contributed by atoms with Gasteiger partial charge in [-0.2, -0.15) is 5.10 Å². The Morgan fingerprint density at radius 3 is 2.88 bits per heavy atom. The molecule has 0 aromatic carbocycles. The van der Waals surface area contributed by atoms with E-state index in [-0.39, 0.29) is 5.78 Å².